The normalized spacial score (nSPS) is 13.0. The largest absolute Gasteiger partial charge is 0.456 e. The number of aromatic nitrogens is 2. The quantitative estimate of drug-likeness (QED) is 0.175. The number of rotatable bonds is 5. The summed E-state index contributed by atoms with van der Waals surface area (Å²) < 4.78 is 6.22. The molecule has 1 aliphatic carbocycles. The van der Waals surface area contributed by atoms with Crippen LogP contribution in [0.4, 0.5) is 0 Å². The summed E-state index contributed by atoms with van der Waals surface area (Å²) in [5, 5.41) is 7.13. The van der Waals surface area contributed by atoms with Crippen molar-refractivity contribution in [1.82, 2.24) is 9.97 Å². The summed E-state index contributed by atoms with van der Waals surface area (Å²) in [6.07, 6.45) is 0. The van der Waals surface area contributed by atoms with E-state index in [0.29, 0.717) is 5.82 Å². The van der Waals surface area contributed by atoms with E-state index in [1.54, 1.807) is 0 Å². The molecule has 0 fully saturated rings. The van der Waals surface area contributed by atoms with Crippen LogP contribution in [0.25, 0.3) is 111 Å². The topological polar surface area (TPSA) is 38.9 Å². The van der Waals surface area contributed by atoms with Crippen molar-refractivity contribution in [3.8, 4) is 67.3 Å². The summed E-state index contributed by atoms with van der Waals surface area (Å²) in [5.74, 6) is 0.714. The van der Waals surface area contributed by atoms with Crippen molar-refractivity contribution in [3.63, 3.8) is 0 Å². The molecule has 2 heterocycles. The molecule has 12 rings (SSSR count). The van der Waals surface area contributed by atoms with Gasteiger partial charge >= 0.3 is 0 Å². The third kappa shape index (κ3) is 5.51. The van der Waals surface area contributed by atoms with E-state index in [0.717, 1.165) is 66.5 Å². The molecule has 0 saturated heterocycles. The van der Waals surface area contributed by atoms with Crippen molar-refractivity contribution in [2.24, 2.45) is 0 Å². The van der Waals surface area contributed by atoms with Crippen LogP contribution in [0.2, 0.25) is 0 Å². The van der Waals surface area contributed by atoms with Crippen LogP contribution in [-0.2, 0) is 5.41 Å². The zero-order chi connectivity index (χ0) is 40.0. The minimum Gasteiger partial charge on any atom is -0.456 e. The summed E-state index contributed by atoms with van der Waals surface area (Å²) in [5.41, 5.74) is 16.5. The van der Waals surface area contributed by atoms with Gasteiger partial charge in [0.15, 0.2) is 5.82 Å². The van der Waals surface area contributed by atoms with Gasteiger partial charge in [-0.2, -0.15) is 0 Å². The van der Waals surface area contributed by atoms with E-state index < -0.39 is 0 Å². The Morgan fingerprint density at radius 3 is 1.80 bits per heavy atom. The van der Waals surface area contributed by atoms with Crippen LogP contribution in [0.5, 0.6) is 0 Å². The van der Waals surface area contributed by atoms with Gasteiger partial charge in [-0.05, 0) is 121 Å². The van der Waals surface area contributed by atoms with E-state index in [2.05, 4.69) is 190 Å². The first kappa shape index (κ1) is 34.4. The van der Waals surface area contributed by atoms with E-state index in [4.69, 9.17) is 14.4 Å². The maximum Gasteiger partial charge on any atom is 0.160 e. The number of benzene rings is 9. The smallest absolute Gasteiger partial charge is 0.160 e. The molecule has 0 bridgehead atoms. The van der Waals surface area contributed by atoms with Crippen LogP contribution in [0.1, 0.15) is 25.0 Å². The lowest BCUT2D eigenvalue weighted by molar-refractivity contribution is 0.661. The average molecular weight is 767 g/mol. The van der Waals surface area contributed by atoms with Gasteiger partial charge in [-0.3, -0.25) is 0 Å². The van der Waals surface area contributed by atoms with Crippen LogP contribution < -0.4 is 0 Å². The van der Waals surface area contributed by atoms with Gasteiger partial charge < -0.3 is 4.42 Å². The van der Waals surface area contributed by atoms with Gasteiger partial charge in [0, 0.05) is 32.9 Å². The molecule has 1 aliphatic rings. The fourth-order valence-corrected chi connectivity index (χ4v) is 9.50. The van der Waals surface area contributed by atoms with Gasteiger partial charge in [0.1, 0.15) is 11.2 Å². The molecule has 9 aromatic carbocycles. The number of para-hydroxylation sites is 1. The fraction of sp³-hybridized carbons (Fsp3) is 0.0526. The predicted molar refractivity (Wildman–Crippen MR) is 249 cm³/mol. The molecule has 282 valence electrons. The third-order valence-electron chi connectivity index (χ3n) is 12.6. The summed E-state index contributed by atoms with van der Waals surface area (Å²) in [4.78, 5) is 10.5. The van der Waals surface area contributed by atoms with Crippen LogP contribution in [0.15, 0.2) is 199 Å². The minimum atomic E-state index is -0.148. The molecule has 0 amide bonds. The molecule has 0 spiro atoms. The van der Waals surface area contributed by atoms with Gasteiger partial charge in [0.05, 0.1) is 11.4 Å². The van der Waals surface area contributed by atoms with E-state index in [9.17, 15) is 0 Å². The Bertz CT molecular complexity index is 3520. The Morgan fingerprint density at radius 2 is 0.967 bits per heavy atom. The van der Waals surface area contributed by atoms with Crippen molar-refractivity contribution >= 4 is 43.5 Å². The maximum atomic E-state index is 6.22. The number of furan rings is 1. The number of nitrogens with zero attached hydrogens (tertiary/aromatic N) is 2. The van der Waals surface area contributed by atoms with Crippen molar-refractivity contribution in [2.75, 3.05) is 0 Å². The standard InChI is InChI=1S/C57H38N2O/c1-57(2)49-20-11-19-47(55(49)48-31-38-14-6-7-15-39(38)32-50(48)57)52-34-51(58-56(59-52)35-12-4-3-5-13-35)44-25-24-41-29-40(22-23-42(41)30-44)36-16-10-17-37(28-36)43-26-27-46-45-18-8-9-21-53(45)60-54(46)33-43/h3-34H,1-2H3. The van der Waals surface area contributed by atoms with Crippen molar-refractivity contribution in [2.45, 2.75) is 19.3 Å². The Morgan fingerprint density at radius 1 is 0.367 bits per heavy atom. The second-order valence-corrected chi connectivity index (χ2v) is 16.6. The lowest BCUT2D eigenvalue weighted by Crippen LogP contribution is -2.14. The van der Waals surface area contributed by atoms with Crippen molar-refractivity contribution in [3.05, 3.63) is 205 Å². The molecule has 3 heteroatoms. The number of hydrogen-bond donors (Lipinski definition) is 0. The molecule has 0 unspecified atom stereocenters. The summed E-state index contributed by atoms with van der Waals surface area (Å²) in [6.45, 7) is 4.69. The molecular weight excluding hydrogens is 729 g/mol. The van der Waals surface area contributed by atoms with Crippen LogP contribution >= 0.6 is 0 Å². The highest BCUT2D eigenvalue weighted by molar-refractivity contribution is 6.06. The SMILES string of the molecule is CC1(C)c2cc3ccccc3cc2-c2c(-c3cc(-c4ccc5cc(-c6cccc(-c7ccc8c(c7)oc7ccccc78)c6)ccc5c4)nc(-c4ccccc4)n3)cccc21. The molecule has 0 atom stereocenters. The second-order valence-electron chi connectivity index (χ2n) is 16.6. The third-order valence-corrected chi connectivity index (χ3v) is 12.6. The predicted octanol–water partition coefficient (Wildman–Crippen LogP) is 15.3. The lowest BCUT2D eigenvalue weighted by Gasteiger charge is -2.22. The Balaban J connectivity index is 0.939. The fourth-order valence-electron chi connectivity index (χ4n) is 9.50. The van der Waals surface area contributed by atoms with E-state index in [1.165, 1.54) is 49.5 Å². The first-order chi connectivity index (χ1) is 29.4. The second kappa shape index (κ2) is 13.2. The van der Waals surface area contributed by atoms with Crippen LogP contribution in [0, 0.1) is 0 Å². The molecule has 11 aromatic rings. The minimum absolute atomic E-state index is 0.148. The summed E-state index contributed by atoms with van der Waals surface area (Å²) >= 11 is 0. The van der Waals surface area contributed by atoms with Gasteiger partial charge in [-0.1, -0.05) is 153 Å². The average Bonchev–Trinajstić information content (AvgIpc) is 3.79. The van der Waals surface area contributed by atoms with Gasteiger partial charge in [0.25, 0.3) is 0 Å². The zero-order valence-corrected chi connectivity index (χ0v) is 33.3. The van der Waals surface area contributed by atoms with Crippen LogP contribution in [-0.4, -0.2) is 9.97 Å². The molecule has 60 heavy (non-hydrogen) atoms. The van der Waals surface area contributed by atoms with Crippen molar-refractivity contribution < 1.29 is 4.42 Å². The summed E-state index contributed by atoms with van der Waals surface area (Å²) in [7, 11) is 0. The van der Waals surface area contributed by atoms with E-state index in [-0.39, 0.29) is 5.41 Å². The van der Waals surface area contributed by atoms with Crippen molar-refractivity contribution in [1.29, 1.82) is 0 Å². The first-order valence-electron chi connectivity index (χ1n) is 20.6. The first-order valence-corrected chi connectivity index (χ1v) is 20.6. The van der Waals surface area contributed by atoms with Crippen LogP contribution in [0.3, 0.4) is 0 Å². The Hall–Kier alpha value is -7.62. The molecule has 3 nitrogen and oxygen atoms in total. The highest BCUT2D eigenvalue weighted by atomic mass is 16.3. The Kier molecular flexibility index (Phi) is 7.58. The highest BCUT2D eigenvalue weighted by Crippen LogP contribution is 2.53. The molecule has 0 N–H and O–H groups in total. The van der Waals surface area contributed by atoms with Gasteiger partial charge in [-0.15, -0.1) is 0 Å². The molecule has 2 aromatic heterocycles. The van der Waals surface area contributed by atoms with E-state index >= 15 is 0 Å². The van der Waals surface area contributed by atoms with Gasteiger partial charge in [-0.25, -0.2) is 9.97 Å². The summed E-state index contributed by atoms with van der Waals surface area (Å²) in [6, 6.07) is 69.6. The maximum absolute atomic E-state index is 6.22. The molecule has 0 saturated carbocycles. The lowest BCUT2D eigenvalue weighted by atomic mass is 9.81. The molecular formula is C57H38N2O. The molecule has 0 aliphatic heterocycles. The highest BCUT2D eigenvalue weighted by Gasteiger charge is 2.37. The zero-order valence-electron chi connectivity index (χ0n) is 33.3. The van der Waals surface area contributed by atoms with E-state index in [1.807, 2.05) is 18.2 Å². The number of fused-ring (bicyclic) bond motifs is 8. The van der Waals surface area contributed by atoms with Gasteiger partial charge in [0.2, 0.25) is 0 Å². The Labute approximate surface area is 348 Å². The molecule has 0 radical (unpaired) electrons. The number of hydrogen-bond acceptors (Lipinski definition) is 3. The monoisotopic (exact) mass is 766 g/mol.